The molecule has 0 bridgehead atoms. The molecule has 28 heavy (non-hydrogen) atoms. The molecule has 2 aromatic carbocycles. The minimum absolute atomic E-state index is 0.230. The fraction of sp³-hybridized carbons (Fsp3) is 0.190. The number of carbonyl (C=O) groups excluding carboxylic acids is 3. The number of rotatable bonds is 8. The van der Waals surface area contributed by atoms with Crippen LogP contribution in [0.1, 0.15) is 22.8 Å². The summed E-state index contributed by atoms with van der Waals surface area (Å²) in [5.74, 6) is -1.46. The molecule has 0 unspecified atom stereocenters. The van der Waals surface area contributed by atoms with Crippen LogP contribution in [0.2, 0.25) is 0 Å². The van der Waals surface area contributed by atoms with Gasteiger partial charge in [0, 0.05) is 11.6 Å². The van der Waals surface area contributed by atoms with Crippen molar-refractivity contribution in [3.8, 4) is 5.75 Å². The minimum Gasteiger partial charge on any atom is -0.497 e. The standard InChI is InChI=1S/C21H20FNO5/c1-14(21(26)28-13-19(24)16-6-8-17(22)9-7-16)23-20(25)12-5-15-3-10-18(27-2)11-4-15/h3-12,14H,13H2,1-2H3,(H,23,25)/b12-5+/t14-/m0/s1. The fourth-order valence-corrected chi connectivity index (χ4v) is 2.19. The van der Waals surface area contributed by atoms with Crippen molar-refractivity contribution in [1.29, 1.82) is 0 Å². The number of amides is 1. The first kappa shape index (κ1) is 20.8. The Bertz CT molecular complexity index is 859. The maximum atomic E-state index is 12.8. The van der Waals surface area contributed by atoms with E-state index < -0.39 is 36.1 Å². The molecule has 0 radical (unpaired) electrons. The Kier molecular flexibility index (Phi) is 7.45. The van der Waals surface area contributed by atoms with Crippen LogP contribution in [0.15, 0.2) is 54.6 Å². The Balaban J connectivity index is 1.80. The summed E-state index contributed by atoms with van der Waals surface area (Å²) in [7, 11) is 1.56. The molecule has 0 heterocycles. The molecule has 2 aromatic rings. The Morgan fingerprint density at radius 3 is 2.32 bits per heavy atom. The van der Waals surface area contributed by atoms with E-state index in [1.807, 2.05) is 0 Å². The molecule has 0 aliphatic rings. The van der Waals surface area contributed by atoms with E-state index >= 15 is 0 Å². The van der Waals surface area contributed by atoms with Gasteiger partial charge in [-0.15, -0.1) is 0 Å². The first-order valence-corrected chi connectivity index (χ1v) is 8.47. The zero-order valence-electron chi connectivity index (χ0n) is 15.5. The van der Waals surface area contributed by atoms with E-state index in [1.165, 1.54) is 25.1 Å². The van der Waals surface area contributed by atoms with Gasteiger partial charge in [-0.3, -0.25) is 9.59 Å². The summed E-state index contributed by atoms with van der Waals surface area (Å²) in [6, 6.07) is 11.0. The number of ketones is 1. The molecule has 1 amide bonds. The van der Waals surface area contributed by atoms with Crippen LogP contribution >= 0.6 is 0 Å². The van der Waals surface area contributed by atoms with Crippen LogP contribution in [0.4, 0.5) is 4.39 Å². The molecule has 146 valence electrons. The number of carbonyl (C=O) groups is 3. The zero-order valence-corrected chi connectivity index (χ0v) is 15.5. The third kappa shape index (κ3) is 6.35. The van der Waals surface area contributed by atoms with Gasteiger partial charge < -0.3 is 14.8 Å². The lowest BCUT2D eigenvalue weighted by molar-refractivity contribution is -0.145. The Morgan fingerprint density at radius 2 is 1.71 bits per heavy atom. The predicted octanol–water partition coefficient (Wildman–Crippen LogP) is 2.78. The number of hydrogen-bond acceptors (Lipinski definition) is 5. The van der Waals surface area contributed by atoms with Gasteiger partial charge in [0.05, 0.1) is 7.11 Å². The van der Waals surface area contributed by atoms with Crippen molar-refractivity contribution >= 4 is 23.7 Å². The molecular formula is C21H20FNO5. The van der Waals surface area contributed by atoms with E-state index in [0.717, 1.165) is 17.7 Å². The monoisotopic (exact) mass is 385 g/mol. The summed E-state index contributed by atoms with van der Waals surface area (Å²) in [5, 5.41) is 2.46. The average molecular weight is 385 g/mol. The molecule has 0 spiro atoms. The van der Waals surface area contributed by atoms with Gasteiger partial charge in [0.2, 0.25) is 5.91 Å². The molecule has 0 saturated heterocycles. The normalized spacial score (nSPS) is 11.7. The van der Waals surface area contributed by atoms with Gasteiger partial charge in [-0.2, -0.15) is 0 Å². The van der Waals surface area contributed by atoms with Crippen molar-refractivity contribution in [2.24, 2.45) is 0 Å². The van der Waals surface area contributed by atoms with Crippen LogP contribution in [0.25, 0.3) is 6.08 Å². The molecule has 2 rings (SSSR count). The number of nitrogens with one attached hydrogen (secondary N) is 1. The SMILES string of the molecule is COc1ccc(/C=C/C(=O)N[C@@H](C)C(=O)OCC(=O)c2ccc(F)cc2)cc1. The van der Waals surface area contributed by atoms with Crippen LogP contribution in [-0.4, -0.2) is 37.4 Å². The Labute approximate surface area is 162 Å². The third-order valence-electron chi connectivity index (χ3n) is 3.77. The molecule has 1 N–H and O–H groups in total. The van der Waals surface area contributed by atoms with Crippen molar-refractivity contribution in [2.45, 2.75) is 13.0 Å². The highest BCUT2D eigenvalue weighted by Gasteiger charge is 2.17. The summed E-state index contributed by atoms with van der Waals surface area (Å²) in [5.41, 5.74) is 1.02. The van der Waals surface area contributed by atoms with E-state index in [2.05, 4.69) is 5.32 Å². The van der Waals surface area contributed by atoms with E-state index in [4.69, 9.17) is 9.47 Å². The van der Waals surface area contributed by atoms with E-state index in [0.29, 0.717) is 5.75 Å². The van der Waals surface area contributed by atoms with Crippen LogP contribution in [0.5, 0.6) is 5.75 Å². The van der Waals surface area contributed by atoms with E-state index in [-0.39, 0.29) is 5.56 Å². The van der Waals surface area contributed by atoms with E-state index in [1.54, 1.807) is 37.5 Å². The van der Waals surface area contributed by atoms with Gasteiger partial charge in [-0.1, -0.05) is 12.1 Å². The lowest BCUT2D eigenvalue weighted by Crippen LogP contribution is -2.39. The van der Waals surface area contributed by atoms with Crippen molar-refractivity contribution in [3.63, 3.8) is 0 Å². The molecule has 6 nitrogen and oxygen atoms in total. The van der Waals surface area contributed by atoms with Crippen molar-refractivity contribution in [2.75, 3.05) is 13.7 Å². The number of ether oxygens (including phenoxy) is 2. The van der Waals surface area contributed by atoms with E-state index in [9.17, 15) is 18.8 Å². The number of benzene rings is 2. The maximum absolute atomic E-state index is 12.8. The second-order valence-electron chi connectivity index (χ2n) is 5.87. The minimum atomic E-state index is -0.936. The largest absolute Gasteiger partial charge is 0.497 e. The zero-order chi connectivity index (χ0) is 20.5. The summed E-state index contributed by atoms with van der Waals surface area (Å²) in [6.07, 6.45) is 2.88. The predicted molar refractivity (Wildman–Crippen MR) is 101 cm³/mol. The van der Waals surface area contributed by atoms with Crippen LogP contribution < -0.4 is 10.1 Å². The highest BCUT2D eigenvalue weighted by molar-refractivity contribution is 5.98. The lowest BCUT2D eigenvalue weighted by Gasteiger charge is -2.12. The number of halogens is 1. The van der Waals surface area contributed by atoms with Gasteiger partial charge in [0.15, 0.2) is 12.4 Å². The highest BCUT2D eigenvalue weighted by atomic mass is 19.1. The Morgan fingerprint density at radius 1 is 1.07 bits per heavy atom. The van der Waals surface area contributed by atoms with Gasteiger partial charge in [0.25, 0.3) is 0 Å². The number of hydrogen-bond donors (Lipinski definition) is 1. The molecule has 0 aliphatic heterocycles. The summed E-state index contributed by atoms with van der Waals surface area (Å²) >= 11 is 0. The highest BCUT2D eigenvalue weighted by Crippen LogP contribution is 2.12. The fourth-order valence-electron chi connectivity index (χ4n) is 2.19. The van der Waals surface area contributed by atoms with Crippen LogP contribution in [0.3, 0.4) is 0 Å². The van der Waals surface area contributed by atoms with Crippen molar-refractivity contribution < 1.29 is 28.2 Å². The summed E-state index contributed by atoms with van der Waals surface area (Å²) in [4.78, 5) is 35.7. The molecule has 1 atom stereocenters. The van der Waals surface area contributed by atoms with Crippen LogP contribution in [-0.2, 0) is 14.3 Å². The van der Waals surface area contributed by atoms with Crippen molar-refractivity contribution in [3.05, 3.63) is 71.6 Å². The second-order valence-corrected chi connectivity index (χ2v) is 5.87. The first-order valence-electron chi connectivity index (χ1n) is 8.47. The summed E-state index contributed by atoms with van der Waals surface area (Å²) < 4.78 is 22.8. The second kappa shape index (κ2) is 10.0. The molecule has 0 aromatic heterocycles. The molecular weight excluding hydrogens is 365 g/mol. The van der Waals surface area contributed by atoms with Crippen LogP contribution in [0, 0.1) is 5.82 Å². The number of esters is 1. The van der Waals surface area contributed by atoms with Gasteiger partial charge in [-0.05, 0) is 55.0 Å². The maximum Gasteiger partial charge on any atom is 0.328 e. The van der Waals surface area contributed by atoms with Gasteiger partial charge >= 0.3 is 5.97 Å². The quantitative estimate of drug-likeness (QED) is 0.429. The number of methoxy groups -OCH3 is 1. The molecule has 0 aliphatic carbocycles. The molecule has 0 fully saturated rings. The van der Waals surface area contributed by atoms with Gasteiger partial charge in [0.1, 0.15) is 17.6 Å². The average Bonchev–Trinajstić information content (AvgIpc) is 2.71. The van der Waals surface area contributed by atoms with Crippen molar-refractivity contribution in [1.82, 2.24) is 5.32 Å². The smallest absolute Gasteiger partial charge is 0.328 e. The molecule has 7 heteroatoms. The first-order chi connectivity index (χ1) is 13.4. The summed E-state index contributed by atoms with van der Waals surface area (Å²) in [6.45, 7) is 0.955. The molecule has 0 saturated carbocycles. The third-order valence-corrected chi connectivity index (χ3v) is 3.77. The number of Topliss-reactive ketones (excluding diaryl/α,β-unsaturated/α-hetero) is 1. The topological polar surface area (TPSA) is 81.7 Å². The van der Waals surface area contributed by atoms with Gasteiger partial charge in [-0.25, -0.2) is 9.18 Å². The Hall–Kier alpha value is -3.48. The lowest BCUT2D eigenvalue weighted by atomic mass is 10.1.